The lowest BCUT2D eigenvalue weighted by atomic mass is 9.97. The Morgan fingerprint density at radius 2 is 1.18 bits per heavy atom. The fourth-order valence-corrected chi connectivity index (χ4v) is 2.60. The van der Waals surface area contributed by atoms with Gasteiger partial charge < -0.3 is 0 Å². The molecule has 0 saturated heterocycles. The fourth-order valence-electron chi connectivity index (χ4n) is 2.60. The van der Waals surface area contributed by atoms with Crippen LogP contribution in [0.5, 0.6) is 0 Å². The van der Waals surface area contributed by atoms with E-state index in [2.05, 4.69) is 98.8 Å². The number of hydrogen-bond donors (Lipinski definition) is 0. The zero-order valence-corrected chi connectivity index (χ0v) is 13.1. The third kappa shape index (κ3) is 3.01. The molecule has 0 aliphatic heterocycles. The summed E-state index contributed by atoms with van der Waals surface area (Å²) in [5.41, 5.74) is 7.61. The summed E-state index contributed by atoms with van der Waals surface area (Å²) in [4.78, 5) is 0. The van der Waals surface area contributed by atoms with Gasteiger partial charge in [0.05, 0.1) is 0 Å². The van der Waals surface area contributed by atoms with Crippen LogP contribution in [-0.2, 0) is 0 Å². The van der Waals surface area contributed by atoms with Crippen LogP contribution in [-0.4, -0.2) is 0 Å². The highest BCUT2D eigenvalue weighted by Gasteiger charge is 2.02. The summed E-state index contributed by atoms with van der Waals surface area (Å²) >= 11 is 0. The maximum Gasteiger partial charge on any atom is -0.0178 e. The van der Waals surface area contributed by atoms with Crippen molar-refractivity contribution in [1.82, 2.24) is 0 Å². The molecule has 0 N–H and O–H groups in total. The van der Waals surface area contributed by atoms with E-state index >= 15 is 0 Å². The van der Waals surface area contributed by atoms with Crippen LogP contribution in [0.25, 0.3) is 27.8 Å². The molecule has 0 aromatic heterocycles. The van der Waals surface area contributed by atoms with Gasteiger partial charge in [-0.3, -0.25) is 0 Å². The lowest BCUT2D eigenvalue weighted by Gasteiger charge is -2.07. The van der Waals surface area contributed by atoms with E-state index in [1.165, 1.54) is 33.4 Å². The lowest BCUT2D eigenvalue weighted by molar-refractivity contribution is 1.53. The molecule has 0 fully saturated rings. The van der Waals surface area contributed by atoms with Gasteiger partial charge in [0.25, 0.3) is 0 Å². The molecule has 0 nitrogen and oxygen atoms in total. The van der Waals surface area contributed by atoms with Crippen LogP contribution in [0.1, 0.15) is 19.4 Å². The average Bonchev–Trinajstić information content (AvgIpc) is 2.62. The summed E-state index contributed by atoms with van der Waals surface area (Å²) in [7, 11) is 0. The van der Waals surface area contributed by atoms with Crippen molar-refractivity contribution in [3.05, 3.63) is 90.5 Å². The third-order valence-electron chi connectivity index (χ3n) is 4.08. The highest BCUT2D eigenvalue weighted by atomic mass is 14.1. The smallest absolute Gasteiger partial charge is 0.0178 e. The Balaban J connectivity index is 1.96. The van der Waals surface area contributed by atoms with Gasteiger partial charge in [0, 0.05) is 0 Å². The molecular formula is C22H20. The highest BCUT2D eigenvalue weighted by molar-refractivity contribution is 5.74. The third-order valence-corrected chi connectivity index (χ3v) is 4.08. The largest absolute Gasteiger partial charge is 0.0841 e. The quantitative estimate of drug-likeness (QED) is 0.519. The summed E-state index contributed by atoms with van der Waals surface area (Å²) in [5, 5.41) is 0. The first kappa shape index (κ1) is 14.3. The van der Waals surface area contributed by atoms with Crippen LogP contribution in [0.2, 0.25) is 0 Å². The van der Waals surface area contributed by atoms with Crippen molar-refractivity contribution in [2.24, 2.45) is 0 Å². The van der Waals surface area contributed by atoms with Crippen LogP contribution in [0, 0.1) is 0 Å². The molecule has 22 heavy (non-hydrogen) atoms. The van der Waals surface area contributed by atoms with E-state index in [-0.39, 0.29) is 0 Å². The Morgan fingerprint density at radius 1 is 0.636 bits per heavy atom. The first-order chi connectivity index (χ1) is 10.8. The Hall–Kier alpha value is -2.60. The van der Waals surface area contributed by atoms with Crippen LogP contribution in [0.3, 0.4) is 0 Å². The van der Waals surface area contributed by atoms with Gasteiger partial charge in [-0.25, -0.2) is 0 Å². The molecule has 3 rings (SSSR count). The molecule has 0 bridgehead atoms. The second kappa shape index (κ2) is 6.44. The van der Waals surface area contributed by atoms with Crippen LogP contribution in [0.15, 0.2) is 84.9 Å². The number of benzene rings is 3. The molecule has 0 aliphatic rings. The SMILES string of the molecule is C/C=C(/C)c1ccc(-c2cccc(-c3ccccc3)c2)cc1. The van der Waals surface area contributed by atoms with Crippen LogP contribution in [0.4, 0.5) is 0 Å². The summed E-state index contributed by atoms with van der Waals surface area (Å²) in [6.07, 6.45) is 2.14. The molecule has 3 aromatic rings. The normalized spacial score (nSPS) is 11.5. The van der Waals surface area contributed by atoms with E-state index in [0.717, 1.165) is 0 Å². The zero-order valence-electron chi connectivity index (χ0n) is 13.1. The molecule has 0 amide bonds. The summed E-state index contributed by atoms with van der Waals surface area (Å²) in [6, 6.07) is 28.0. The van der Waals surface area contributed by atoms with E-state index in [4.69, 9.17) is 0 Å². The van der Waals surface area contributed by atoms with Gasteiger partial charge >= 0.3 is 0 Å². The van der Waals surface area contributed by atoms with Crippen molar-refractivity contribution in [1.29, 1.82) is 0 Å². The predicted molar refractivity (Wildman–Crippen MR) is 96.6 cm³/mol. The van der Waals surface area contributed by atoms with Gasteiger partial charge in [0.15, 0.2) is 0 Å². The number of rotatable bonds is 3. The molecule has 3 aromatic carbocycles. The Labute approximate surface area is 132 Å². The van der Waals surface area contributed by atoms with E-state index in [1.54, 1.807) is 0 Å². The molecule has 0 radical (unpaired) electrons. The molecule has 0 unspecified atom stereocenters. The van der Waals surface area contributed by atoms with E-state index in [1.807, 2.05) is 0 Å². The molecule has 0 spiro atoms. The maximum atomic E-state index is 2.26. The van der Waals surface area contributed by atoms with Gasteiger partial charge in [-0.15, -0.1) is 0 Å². The van der Waals surface area contributed by atoms with Gasteiger partial charge in [0.2, 0.25) is 0 Å². The topological polar surface area (TPSA) is 0 Å². The van der Waals surface area contributed by atoms with Crippen molar-refractivity contribution in [2.45, 2.75) is 13.8 Å². The van der Waals surface area contributed by atoms with Gasteiger partial charge in [0.1, 0.15) is 0 Å². The van der Waals surface area contributed by atoms with Crippen molar-refractivity contribution < 1.29 is 0 Å². The fraction of sp³-hybridized carbons (Fsp3) is 0.0909. The molecule has 0 aliphatic carbocycles. The molecular weight excluding hydrogens is 264 g/mol. The van der Waals surface area contributed by atoms with Gasteiger partial charge in [-0.05, 0) is 53.3 Å². The predicted octanol–water partition coefficient (Wildman–Crippen LogP) is 6.44. The second-order valence-electron chi connectivity index (χ2n) is 5.50. The first-order valence-corrected chi connectivity index (χ1v) is 7.67. The van der Waals surface area contributed by atoms with Crippen molar-refractivity contribution in [3.63, 3.8) is 0 Å². The Kier molecular flexibility index (Phi) is 4.20. The minimum Gasteiger partial charge on any atom is -0.0841 e. The van der Waals surface area contributed by atoms with E-state index in [9.17, 15) is 0 Å². The highest BCUT2D eigenvalue weighted by Crippen LogP contribution is 2.27. The van der Waals surface area contributed by atoms with Crippen molar-refractivity contribution >= 4 is 5.57 Å². The van der Waals surface area contributed by atoms with Crippen LogP contribution < -0.4 is 0 Å². The molecule has 0 heteroatoms. The number of allylic oxidation sites excluding steroid dienone is 2. The van der Waals surface area contributed by atoms with Crippen LogP contribution >= 0.6 is 0 Å². The minimum atomic E-state index is 1.26. The van der Waals surface area contributed by atoms with E-state index < -0.39 is 0 Å². The lowest BCUT2D eigenvalue weighted by Crippen LogP contribution is -1.83. The second-order valence-corrected chi connectivity index (χ2v) is 5.50. The first-order valence-electron chi connectivity index (χ1n) is 7.67. The van der Waals surface area contributed by atoms with E-state index in [0.29, 0.717) is 0 Å². The van der Waals surface area contributed by atoms with Crippen molar-refractivity contribution in [3.8, 4) is 22.3 Å². The monoisotopic (exact) mass is 284 g/mol. The molecule has 0 atom stereocenters. The molecule has 0 heterocycles. The molecule has 0 saturated carbocycles. The number of hydrogen-bond acceptors (Lipinski definition) is 0. The van der Waals surface area contributed by atoms with Gasteiger partial charge in [-0.2, -0.15) is 0 Å². The minimum absolute atomic E-state index is 1.26. The standard InChI is InChI=1S/C22H20/c1-3-17(2)18-12-14-20(15-13-18)22-11-7-10-21(16-22)19-8-5-4-6-9-19/h3-16H,1-2H3/b17-3-. The summed E-state index contributed by atoms with van der Waals surface area (Å²) in [5.74, 6) is 0. The summed E-state index contributed by atoms with van der Waals surface area (Å²) < 4.78 is 0. The average molecular weight is 284 g/mol. The zero-order chi connectivity index (χ0) is 15.4. The molecule has 108 valence electrons. The summed E-state index contributed by atoms with van der Waals surface area (Å²) in [6.45, 7) is 4.22. The Bertz CT molecular complexity index is 778. The van der Waals surface area contributed by atoms with Crippen molar-refractivity contribution in [2.75, 3.05) is 0 Å². The maximum absolute atomic E-state index is 2.26. The van der Waals surface area contributed by atoms with Gasteiger partial charge in [-0.1, -0.05) is 78.9 Å². The Morgan fingerprint density at radius 3 is 1.77 bits per heavy atom.